The molecule has 0 aliphatic carbocycles. The van der Waals surface area contributed by atoms with E-state index in [1.165, 1.54) is 11.3 Å². The maximum atomic E-state index is 10.2. The fourth-order valence-electron chi connectivity index (χ4n) is 1.52. The Balaban J connectivity index is 2.57. The predicted octanol–water partition coefficient (Wildman–Crippen LogP) is 2.70. The summed E-state index contributed by atoms with van der Waals surface area (Å²) in [6.45, 7) is 1.77. The molecule has 0 saturated heterocycles. The van der Waals surface area contributed by atoms with Gasteiger partial charge < -0.3 is 14.6 Å². The summed E-state index contributed by atoms with van der Waals surface area (Å²) in [6, 6.07) is 3.76. The summed E-state index contributed by atoms with van der Waals surface area (Å²) in [4.78, 5) is 1.06. The summed E-state index contributed by atoms with van der Waals surface area (Å²) >= 11 is 7.32. The van der Waals surface area contributed by atoms with E-state index >= 15 is 0 Å². The maximum absolute atomic E-state index is 10.2. The van der Waals surface area contributed by atoms with Crippen LogP contribution in [-0.4, -0.2) is 31.2 Å². The van der Waals surface area contributed by atoms with Gasteiger partial charge >= 0.3 is 0 Å². The van der Waals surface area contributed by atoms with E-state index in [1.54, 1.807) is 21.1 Å². The SMILES string of the molecule is COC(CC(C)(O)Cc1ccc(Cl)s1)OC. The third-order valence-corrected chi connectivity index (χ3v) is 3.55. The fourth-order valence-corrected chi connectivity index (χ4v) is 2.78. The van der Waals surface area contributed by atoms with Crippen molar-refractivity contribution in [2.75, 3.05) is 14.2 Å². The summed E-state index contributed by atoms with van der Waals surface area (Å²) in [6.07, 6.45) is 0.591. The molecule has 0 aliphatic heterocycles. The van der Waals surface area contributed by atoms with E-state index < -0.39 is 5.60 Å². The lowest BCUT2D eigenvalue weighted by Gasteiger charge is -2.26. The number of rotatable bonds is 6. The zero-order valence-electron chi connectivity index (χ0n) is 9.70. The number of ether oxygens (including phenoxy) is 2. The molecule has 1 unspecified atom stereocenters. The lowest BCUT2D eigenvalue weighted by Crippen LogP contribution is -2.33. The zero-order chi connectivity index (χ0) is 12.2. The van der Waals surface area contributed by atoms with E-state index in [9.17, 15) is 5.11 Å². The van der Waals surface area contributed by atoms with Gasteiger partial charge in [-0.15, -0.1) is 11.3 Å². The molecule has 1 aromatic heterocycles. The van der Waals surface area contributed by atoms with Crippen molar-refractivity contribution < 1.29 is 14.6 Å². The Bertz CT molecular complexity index is 321. The second-order valence-electron chi connectivity index (χ2n) is 3.98. The first kappa shape index (κ1) is 13.9. The lowest BCUT2D eigenvalue weighted by atomic mass is 9.97. The van der Waals surface area contributed by atoms with Crippen molar-refractivity contribution in [3.8, 4) is 0 Å². The molecule has 0 bridgehead atoms. The smallest absolute Gasteiger partial charge is 0.159 e. The summed E-state index contributed by atoms with van der Waals surface area (Å²) in [5, 5.41) is 10.2. The van der Waals surface area contributed by atoms with Gasteiger partial charge in [0.1, 0.15) is 0 Å². The Morgan fingerprint density at radius 1 is 1.44 bits per heavy atom. The molecule has 0 aliphatic rings. The van der Waals surface area contributed by atoms with Crippen LogP contribution in [0.3, 0.4) is 0 Å². The van der Waals surface area contributed by atoms with Crippen LogP contribution < -0.4 is 0 Å². The van der Waals surface area contributed by atoms with E-state index in [4.69, 9.17) is 21.1 Å². The monoisotopic (exact) mass is 264 g/mol. The molecule has 92 valence electrons. The Labute approximate surface area is 105 Å². The standard InChI is InChI=1S/C11H17ClO3S/c1-11(13,7-10(14-2)15-3)6-8-4-5-9(12)16-8/h4-5,10,13H,6-7H2,1-3H3. The van der Waals surface area contributed by atoms with Gasteiger partial charge in [0.05, 0.1) is 9.94 Å². The number of methoxy groups -OCH3 is 2. The Hall–Kier alpha value is -0.130. The van der Waals surface area contributed by atoms with Gasteiger partial charge in [-0.1, -0.05) is 11.6 Å². The topological polar surface area (TPSA) is 38.7 Å². The van der Waals surface area contributed by atoms with Crippen LogP contribution in [0.1, 0.15) is 18.2 Å². The molecule has 1 aromatic rings. The van der Waals surface area contributed by atoms with Crippen LogP contribution in [0.2, 0.25) is 4.34 Å². The number of hydrogen-bond donors (Lipinski definition) is 1. The molecule has 0 aromatic carbocycles. The van der Waals surface area contributed by atoms with E-state index in [2.05, 4.69) is 0 Å². The number of aliphatic hydroxyl groups is 1. The van der Waals surface area contributed by atoms with E-state index in [1.807, 2.05) is 12.1 Å². The second kappa shape index (κ2) is 5.98. The number of hydrogen-bond acceptors (Lipinski definition) is 4. The average Bonchev–Trinajstić information content (AvgIpc) is 2.59. The highest BCUT2D eigenvalue weighted by Gasteiger charge is 2.26. The van der Waals surface area contributed by atoms with Crippen molar-refractivity contribution in [1.29, 1.82) is 0 Å². The fraction of sp³-hybridized carbons (Fsp3) is 0.636. The minimum atomic E-state index is -0.856. The summed E-state index contributed by atoms with van der Waals surface area (Å²) < 4.78 is 10.9. The molecule has 0 amide bonds. The molecule has 0 fully saturated rings. The minimum absolute atomic E-state index is 0.384. The molecular formula is C11H17ClO3S. The van der Waals surface area contributed by atoms with Gasteiger partial charge in [0, 0.05) is 31.9 Å². The first-order chi connectivity index (χ1) is 7.46. The van der Waals surface area contributed by atoms with Gasteiger partial charge in [-0.2, -0.15) is 0 Å². The zero-order valence-corrected chi connectivity index (χ0v) is 11.3. The second-order valence-corrected chi connectivity index (χ2v) is 5.78. The lowest BCUT2D eigenvalue weighted by molar-refractivity contribution is -0.139. The first-order valence-electron chi connectivity index (χ1n) is 4.99. The molecule has 1 rings (SSSR count). The Morgan fingerprint density at radius 3 is 2.50 bits per heavy atom. The molecule has 16 heavy (non-hydrogen) atoms. The molecule has 1 atom stereocenters. The Kier molecular flexibility index (Phi) is 5.21. The van der Waals surface area contributed by atoms with Crippen molar-refractivity contribution in [2.24, 2.45) is 0 Å². The van der Waals surface area contributed by atoms with Gasteiger partial charge in [-0.3, -0.25) is 0 Å². The van der Waals surface area contributed by atoms with Crippen LogP contribution in [0.4, 0.5) is 0 Å². The van der Waals surface area contributed by atoms with Gasteiger partial charge in [0.25, 0.3) is 0 Å². The van der Waals surface area contributed by atoms with E-state index in [-0.39, 0.29) is 6.29 Å². The maximum Gasteiger partial charge on any atom is 0.159 e. The molecule has 3 nitrogen and oxygen atoms in total. The average molecular weight is 265 g/mol. The summed E-state index contributed by atoms with van der Waals surface area (Å²) in [7, 11) is 3.12. The van der Waals surface area contributed by atoms with Crippen molar-refractivity contribution in [3.63, 3.8) is 0 Å². The molecule has 0 spiro atoms. The largest absolute Gasteiger partial charge is 0.390 e. The van der Waals surface area contributed by atoms with Crippen LogP contribution in [0.15, 0.2) is 12.1 Å². The van der Waals surface area contributed by atoms with Crippen molar-refractivity contribution >= 4 is 22.9 Å². The highest BCUT2D eigenvalue weighted by molar-refractivity contribution is 7.16. The number of halogens is 1. The van der Waals surface area contributed by atoms with Crippen LogP contribution in [0.25, 0.3) is 0 Å². The van der Waals surface area contributed by atoms with Gasteiger partial charge in [-0.05, 0) is 19.1 Å². The van der Waals surface area contributed by atoms with Crippen molar-refractivity contribution in [2.45, 2.75) is 31.7 Å². The van der Waals surface area contributed by atoms with E-state index in [0.717, 1.165) is 9.21 Å². The van der Waals surface area contributed by atoms with Gasteiger partial charge in [-0.25, -0.2) is 0 Å². The molecule has 1 heterocycles. The van der Waals surface area contributed by atoms with E-state index in [0.29, 0.717) is 12.8 Å². The highest BCUT2D eigenvalue weighted by atomic mass is 35.5. The Morgan fingerprint density at radius 2 is 2.06 bits per heavy atom. The summed E-state index contributed by atoms with van der Waals surface area (Å²) in [5.74, 6) is 0. The highest BCUT2D eigenvalue weighted by Crippen LogP contribution is 2.27. The van der Waals surface area contributed by atoms with Crippen molar-refractivity contribution in [1.82, 2.24) is 0 Å². The van der Waals surface area contributed by atoms with Crippen LogP contribution in [0.5, 0.6) is 0 Å². The third-order valence-electron chi connectivity index (χ3n) is 2.32. The summed E-state index contributed by atoms with van der Waals surface area (Å²) in [5.41, 5.74) is -0.856. The molecule has 0 radical (unpaired) electrons. The third kappa shape index (κ3) is 4.39. The van der Waals surface area contributed by atoms with Crippen LogP contribution in [0, 0.1) is 0 Å². The molecule has 1 N–H and O–H groups in total. The predicted molar refractivity (Wildman–Crippen MR) is 66.1 cm³/mol. The molecule has 5 heteroatoms. The van der Waals surface area contributed by atoms with Crippen LogP contribution in [-0.2, 0) is 15.9 Å². The van der Waals surface area contributed by atoms with Gasteiger partial charge in [0.15, 0.2) is 6.29 Å². The first-order valence-corrected chi connectivity index (χ1v) is 6.18. The normalized spacial score (nSPS) is 15.4. The van der Waals surface area contributed by atoms with Gasteiger partial charge in [0.2, 0.25) is 0 Å². The minimum Gasteiger partial charge on any atom is -0.390 e. The number of thiophene rings is 1. The quantitative estimate of drug-likeness (QED) is 0.803. The molecular weight excluding hydrogens is 248 g/mol. The van der Waals surface area contributed by atoms with Crippen LogP contribution >= 0.6 is 22.9 Å². The molecule has 0 saturated carbocycles. The van der Waals surface area contributed by atoms with Crippen molar-refractivity contribution in [3.05, 3.63) is 21.3 Å².